The van der Waals surface area contributed by atoms with Crippen LogP contribution in [0.2, 0.25) is 0 Å². The Morgan fingerprint density at radius 2 is 2.00 bits per heavy atom. The van der Waals surface area contributed by atoms with E-state index >= 15 is 0 Å². The van der Waals surface area contributed by atoms with E-state index in [1.807, 2.05) is 17.5 Å². The number of benzene rings is 1. The second-order valence-corrected chi connectivity index (χ2v) is 8.98. The number of ether oxygens (including phenoxy) is 1. The molecule has 1 aliphatic heterocycles. The summed E-state index contributed by atoms with van der Waals surface area (Å²) in [6.45, 7) is 2.91. The van der Waals surface area contributed by atoms with Crippen LogP contribution in [-0.2, 0) is 21.3 Å². The number of nitrogens with zero attached hydrogens (tertiary/aromatic N) is 1. The van der Waals surface area contributed by atoms with Crippen molar-refractivity contribution in [1.29, 1.82) is 0 Å². The van der Waals surface area contributed by atoms with Crippen molar-refractivity contribution in [2.75, 3.05) is 13.2 Å². The first-order valence-electron chi connectivity index (χ1n) is 8.21. The van der Waals surface area contributed by atoms with Crippen molar-refractivity contribution in [2.45, 2.75) is 37.2 Å². The minimum atomic E-state index is -3.70. The Hall–Kier alpha value is -1.54. The number of sulfonamides is 1. The Morgan fingerprint density at radius 1 is 1.24 bits per heavy atom. The van der Waals surface area contributed by atoms with E-state index in [1.54, 1.807) is 33.8 Å². The van der Waals surface area contributed by atoms with E-state index in [0.29, 0.717) is 38.2 Å². The smallest absolute Gasteiger partial charge is 0.243 e. The summed E-state index contributed by atoms with van der Waals surface area (Å²) in [5.41, 5.74) is 0.407. The second-order valence-electron chi connectivity index (χ2n) is 6.06. The average Bonchev–Trinajstić information content (AvgIpc) is 3.13. The number of hydrogen-bond acceptors (Lipinski definition) is 5. The van der Waals surface area contributed by atoms with Gasteiger partial charge in [-0.05, 0) is 43.3 Å². The van der Waals surface area contributed by atoms with Crippen molar-refractivity contribution in [2.24, 2.45) is 0 Å². The van der Waals surface area contributed by atoms with Crippen LogP contribution >= 0.6 is 11.3 Å². The van der Waals surface area contributed by atoms with Gasteiger partial charge < -0.3 is 4.74 Å². The lowest BCUT2D eigenvalue weighted by molar-refractivity contribution is 0.0571. The summed E-state index contributed by atoms with van der Waals surface area (Å²) in [6.07, 6.45) is 1.36. The number of carbonyl (C=O) groups is 1. The van der Waals surface area contributed by atoms with E-state index in [4.69, 9.17) is 4.74 Å². The number of ketones is 1. The molecule has 0 unspecified atom stereocenters. The van der Waals surface area contributed by atoms with Crippen LogP contribution in [0, 0.1) is 0 Å². The summed E-state index contributed by atoms with van der Waals surface area (Å²) < 4.78 is 33.6. The SMILES string of the molecule is CC(=O)c1cccc(S(=O)(=O)N(Cc2cccs2)C2CCOCC2)c1. The molecule has 0 bridgehead atoms. The zero-order chi connectivity index (χ0) is 17.9. The van der Waals surface area contributed by atoms with Gasteiger partial charge in [-0.2, -0.15) is 4.31 Å². The third-order valence-electron chi connectivity index (χ3n) is 4.34. The lowest BCUT2D eigenvalue weighted by Gasteiger charge is -2.33. The molecule has 1 aliphatic rings. The van der Waals surface area contributed by atoms with Crippen LogP contribution in [0.1, 0.15) is 35.0 Å². The van der Waals surface area contributed by atoms with Gasteiger partial charge >= 0.3 is 0 Å². The minimum absolute atomic E-state index is 0.0955. The molecule has 7 heteroatoms. The predicted octanol–water partition coefficient (Wildman–Crippen LogP) is 3.32. The third-order valence-corrected chi connectivity index (χ3v) is 7.09. The quantitative estimate of drug-likeness (QED) is 0.722. The summed E-state index contributed by atoms with van der Waals surface area (Å²) in [5, 5.41) is 1.94. The van der Waals surface area contributed by atoms with Gasteiger partial charge in [0.25, 0.3) is 0 Å². The molecular weight excluding hydrogens is 358 g/mol. The lowest BCUT2D eigenvalue weighted by Crippen LogP contribution is -2.42. The molecule has 2 aromatic rings. The van der Waals surface area contributed by atoms with Crippen LogP contribution in [0.4, 0.5) is 0 Å². The van der Waals surface area contributed by atoms with Gasteiger partial charge in [-0.25, -0.2) is 8.42 Å². The maximum atomic E-state index is 13.3. The van der Waals surface area contributed by atoms with E-state index < -0.39 is 10.0 Å². The summed E-state index contributed by atoms with van der Waals surface area (Å²) in [4.78, 5) is 12.8. The fourth-order valence-electron chi connectivity index (χ4n) is 2.95. The highest BCUT2D eigenvalue weighted by atomic mass is 32.2. The van der Waals surface area contributed by atoms with E-state index in [1.165, 1.54) is 13.0 Å². The first-order valence-corrected chi connectivity index (χ1v) is 10.5. The molecule has 0 atom stereocenters. The summed E-state index contributed by atoms with van der Waals surface area (Å²) in [7, 11) is -3.70. The summed E-state index contributed by atoms with van der Waals surface area (Å²) in [6, 6.07) is 10.1. The highest BCUT2D eigenvalue weighted by Crippen LogP contribution is 2.27. The molecular formula is C18H21NO4S2. The fourth-order valence-corrected chi connectivity index (χ4v) is 5.44. The van der Waals surface area contributed by atoms with E-state index in [2.05, 4.69) is 0 Å². The molecule has 25 heavy (non-hydrogen) atoms. The number of rotatable bonds is 6. The number of Topliss-reactive ketones (excluding diaryl/α,β-unsaturated/α-hetero) is 1. The van der Waals surface area contributed by atoms with E-state index in [0.717, 1.165) is 4.88 Å². The lowest BCUT2D eigenvalue weighted by atomic mass is 10.1. The molecule has 1 aromatic heterocycles. The van der Waals surface area contributed by atoms with Crippen molar-refractivity contribution in [1.82, 2.24) is 4.31 Å². The number of thiophene rings is 1. The molecule has 1 aromatic carbocycles. The maximum absolute atomic E-state index is 13.3. The highest BCUT2D eigenvalue weighted by Gasteiger charge is 2.33. The Morgan fingerprint density at radius 3 is 2.64 bits per heavy atom. The Kier molecular flexibility index (Phi) is 5.68. The first kappa shape index (κ1) is 18.3. The van der Waals surface area contributed by atoms with Crippen molar-refractivity contribution >= 4 is 27.1 Å². The van der Waals surface area contributed by atoms with Crippen molar-refractivity contribution in [3.63, 3.8) is 0 Å². The van der Waals surface area contributed by atoms with E-state index in [9.17, 15) is 13.2 Å². The fraction of sp³-hybridized carbons (Fsp3) is 0.389. The molecule has 0 saturated carbocycles. The number of carbonyl (C=O) groups excluding carboxylic acids is 1. The van der Waals surface area contributed by atoms with Crippen LogP contribution in [-0.4, -0.2) is 37.8 Å². The van der Waals surface area contributed by atoms with Crippen molar-refractivity contribution in [3.8, 4) is 0 Å². The van der Waals surface area contributed by atoms with Gasteiger partial charge in [0, 0.05) is 36.2 Å². The summed E-state index contributed by atoms with van der Waals surface area (Å²) in [5.74, 6) is -0.145. The number of hydrogen-bond donors (Lipinski definition) is 0. The van der Waals surface area contributed by atoms with Gasteiger partial charge in [0.2, 0.25) is 10.0 Å². The third kappa shape index (κ3) is 4.17. The maximum Gasteiger partial charge on any atom is 0.243 e. The average molecular weight is 380 g/mol. The minimum Gasteiger partial charge on any atom is -0.381 e. The van der Waals surface area contributed by atoms with Crippen LogP contribution in [0.15, 0.2) is 46.7 Å². The molecule has 2 heterocycles. The summed E-state index contributed by atoms with van der Waals surface area (Å²) >= 11 is 1.54. The molecule has 0 amide bonds. The molecule has 3 rings (SSSR count). The molecule has 1 fully saturated rings. The van der Waals surface area contributed by atoms with Crippen molar-refractivity contribution in [3.05, 3.63) is 52.2 Å². The molecule has 0 N–H and O–H groups in total. The monoisotopic (exact) mass is 379 g/mol. The molecule has 134 valence electrons. The van der Waals surface area contributed by atoms with Crippen molar-refractivity contribution < 1.29 is 17.9 Å². The van der Waals surface area contributed by atoms with Crippen LogP contribution in [0.3, 0.4) is 0 Å². The normalized spacial score (nSPS) is 16.2. The standard InChI is InChI=1S/C18H21NO4S2/c1-14(20)15-4-2-6-18(12-15)25(21,22)19(13-17-5-3-11-24-17)16-7-9-23-10-8-16/h2-6,11-12,16H,7-10,13H2,1H3. The molecule has 0 radical (unpaired) electrons. The first-order chi connectivity index (χ1) is 12.0. The van der Waals surface area contributed by atoms with Crippen LogP contribution < -0.4 is 0 Å². The van der Waals surface area contributed by atoms with Gasteiger partial charge in [-0.1, -0.05) is 18.2 Å². The molecule has 0 aliphatic carbocycles. The van der Waals surface area contributed by atoms with Crippen LogP contribution in [0.5, 0.6) is 0 Å². The second kappa shape index (κ2) is 7.78. The Labute approximate surface area is 152 Å². The van der Waals surface area contributed by atoms with Gasteiger partial charge in [-0.3, -0.25) is 4.79 Å². The topological polar surface area (TPSA) is 63.7 Å². The Bertz CT molecular complexity index is 825. The molecule has 0 spiro atoms. The molecule has 5 nitrogen and oxygen atoms in total. The zero-order valence-corrected chi connectivity index (χ0v) is 15.7. The van der Waals surface area contributed by atoms with Crippen LogP contribution in [0.25, 0.3) is 0 Å². The predicted molar refractivity (Wildman–Crippen MR) is 97.3 cm³/mol. The largest absolute Gasteiger partial charge is 0.381 e. The Balaban J connectivity index is 1.97. The highest BCUT2D eigenvalue weighted by molar-refractivity contribution is 7.89. The molecule has 1 saturated heterocycles. The van der Waals surface area contributed by atoms with Gasteiger partial charge in [-0.15, -0.1) is 11.3 Å². The van der Waals surface area contributed by atoms with Gasteiger partial charge in [0.15, 0.2) is 5.78 Å². The van der Waals surface area contributed by atoms with Gasteiger partial charge in [0.1, 0.15) is 0 Å². The van der Waals surface area contributed by atoms with Gasteiger partial charge in [0.05, 0.1) is 4.90 Å². The zero-order valence-electron chi connectivity index (χ0n) is 14.1. The van der Waals surface area contributed by atoms with E-state index in [-0.39, 0.29) is 16.7 Å².